The Morgan fingerprint density at radius 2 is 1.95 bits per heavy atom. The lowest BCUT2D eigenvalue weighted by molar-refractivity contribution is -0.113. The van der Waals surface area contributed by atoms with Gasteiger partial charge in [-0.3, -0.25) is 14.6 Å². The quantitative estimate of drug-likeness (QED) is 0.276. The van der Waals surface area contributed by atoms with Gasteiger partial charge in [0.1, 0.15) is 29.1 Å². The molecule has 1 fully saturated rings. The molecule has 7 rings (SSSR count). The van der Waals surface area contributed by atoms with Gasteiger partial charge in [0.05, 0.1) is 24.4 Å². The highest BCUT2D eigenvalue weighted by molar-refractivity contribution is 6.10. The van der Waals surface area contributed by atoms with Crippen LogP contribution in [0.4, 0.5) is 10.1 Å². The van der Waals surface area contributed by atoms with Gasteiger partial charge >= 0.3 is 0 Å². The molecule has 4 aromatic rings. The van der Waals surface area contributed by atoms with E-state index in [1.807, 2.05) is 28.1 Å². The number of aromatic nitrogens is 2. The largest absolute Gasteiger partial charge is 0.490 e. The molecule has 3 atom stereocenters. The van der Waals surface area contributed by atoms with Gasteiger partial charge in [-0.25, -0.2) is 9.37 Å². The maximum Gasteiger partial charge on any atom is 0.272 e. The molecule has 9 nitrogen and oxygen atoms in total. The van der Waals surface area contributed by atoms with E-state index in [0.29, 0.717) is 54.3 Å². The van der Waals surface area contributed by atoms with Gasteiger partial charge in [0.2, 0.25) is 0 Å². The summed E-state index contributed by atoms with van der Waals surface area (Å²) in [5, 5.41) is 5.57. The second-order valence-electron chi connectivity index (χ2n) is 10.8. The Hall–Kier alpha value is -4.83. The van der Waals surface area contributed by atoms with Crippen LogP contribution in [0.1, 0.15) is 41.4 Å². The highest BCUT2D eigenvalue weighted by Crippen LogP contribution is 2.41. The van der Waals surface area contributed by atoms with Gasteiger partial charge in [-0.15, -0.1) is 0 Å². The predicted octanol–water partition coefficient (Wildman–Crippen LogP) is 4.62. The van der Waals surface area contributed by atoms with Crippen LogP contribution in [0.3, 0.4) is 0 Å². The fourth-order valence-corrected chi connectivity index (χ4v) is 5.66. The van der Waals surface area contributed by atoms with Gasteiger partial charge in [0.25, 0.3) is 11.8 Å². The number of benzene rings is 2. The number of hydrogen-bond donors (Lipinski definition) is 2. The lowest BCUT2D eigenvalue weighted by Gasteiger charge is -2.24. The summed E-state index contributed by atoms with van der Waals surface area (Å²) in [7, 11) is 0. The fourth-order valence-electron chi connectivity index (χ4n) is 5.66. The second kappa shape index (κ2) is 10.2. The van der Waals surface area contributed by atoms with Crippen molar-refractivity contribution in [2.75, 3.05) is 25.0 Å². The van der Waals surface area contributed by atoms with Crippen LogP contribution in [0.25, 0.3) is 22.2 Å². The first-order chi connectivity index (χ1) is 20.4. The molecule has 0 spiro atoms. The first-order valence-electron chi connectivity index (χ1n) is 14.0. The van der Waals surface area contributed by atoms with Gasteiger partial charge < -0.3 is 20.4 Å². The normalized spacial score (nSPS) is 22.1. The minimum Gasteiger partial charge on any atom is -0.490 e. The number of fused-ring (bicyclic) bond motifs is 6. The lowest BCUT2D eigenvalue weighted by atomic mass is 9.99. The number of hydrazine groups is 1. The van der Waals surface area contributed by atoms with Crippen molar-refractivity contribution in [1.82, 2.24) is 25.3 Å². The van der Waals surface area contributed by atoms with Crippen LogP contribution in [0.2, 0.25) is 0 Å². The maximum absolute atomic E-state index is 14.1. The zero-order valence-corrected chi connectivity index (χ0v) is 23.2. The molecular weight excluding hydrogens is 535 g/mol. The fraction of sp³-hybridized carbons (Fsp3) is 0.250. The molecule has 3 aliphatic rings. The third kappa shape index (κ3) is 4.63. The summed E-state index contributed by atoms with van der Waals surface area (Å²) in [4.78, 5) is 38.4. The molecule has 2 amide bonds. The van der Waals surface area contributed by atoms with Crippen LogP contribution >= 0.6 is 0 Å². The van der Waals surface area contributed by atoms with Gasteiger partial charge in [-0.05, 0) is 55.5 Å². The molecule has 2 unspecified atom stereocenters. The van der Waals surface area contributed by atoms with Gasteiger partial charge in [0, 0.05) is 52.9 Å². The lowest BCUT2D eigenvalue weighted by Crippen LogP contribution is -2.40. The molecule has 2 N–H and O–H groups in total. The summed E-state index contributed by atoms with van der Waals surface area (Å²) in [6.45, 7) is 5.43. The number of hydrogen-bond acceptors (Lipinski definition) is 7. The monoisotopic (exact) mass is 564 g/mol. The molecule has 0 aliphatic carbocycles. The average Bonchev–Trinajstić information content (AvgIpc) is 3.66. The van der Waals surface area contributed by atoms with Crippen molar-refractivity contribution in [1.29, 1.82) is 0 Å². The molecule has 10 heteroatoms. The predicted molar refractivity (Wildman–Crippen MR) is 156 cm³/mol. The van der Waals surface area contributed by atoms with E-state index in [0.717, 1.165) is 28.0 Å². The highest BCUT2D eigenvalue weighted by Gasteiger charge is 2.43. The Morgan fingerprint density at radius 1 is 1.12 bits per heavy atom. The van der Waals surface area contributed by atoms with Crippen molar-refractivity contribution in [2.45, 2.75) is 32.4 Å². The van der Waals surface area contributed by atoms with Crippen LogP contribution in [-0.2, 0) is 11.2 Å². The number of nitrogens with one attached hydrogen (secondary N) is 2. The smallest absolute Gasteiger partial charge is 0.272 e. The molecule has 0 radical (unpaired) electrons. The Balaban J connectivity index is 1.25. The van der Waals surface area contributed by atoms with Crippen LogP contribution in [0, 0.1) is 5.82 Å². The van der Waals surface area contributed by atoms with E-state index < -0.39 is 0 Å². The highest BCUT2D eigenvalue weighted by atomic mass is 19.1. The van der Waals surface area contributed by atoms with E-state index in [4.69, 9.17) is 9.72 Å². The summed E-state index contributed by atoms with van der Waals surface area (Å²) >= 11 is 0. The van der Waals surface area contributed by atoms with Gasteiger partial charge in [0.15, 0.2) is 0 Å². The van der Waals surface area contributed by atoms with Crippen LogP contribution in [0.15, 0.2) is 72.6 Å². The Morgan fingerprint density at radius 3 is 2.76 bits per heavy atom. The number of nitrogens with zero attached hydrogens (tertiary/aromatic N) is 4. The number of carbonyl (C=O) groups excluding carboxylic acids is 2. The van der Waals surface area contributed by atoms with Gasteiger partial charge in [-0.2, -0.15) is 5.01 Å². The van der Waals surface area contributed by atoms with Crippen LogP contribution < -0.4 is 15.5 Å². The number of anilines is 1. The first kappa shape index (κ1) is 26.1. The van der Waals surface area contributed by atoms with Crippen molar-refractivity contribution in [3.63, 3.8) is 0 Å². The molecule has 5 heterocycles. The van der Waals surface area contributed by atoms with Crippen molar-refractivity contribution in [3.05, 3.63) is 95.2 Å². The van der Waals surface area contributed by atoms with E-state index in [2.05, 4.69) is 28.7 Å². The molecule has 2 aromatic carbocycles. The zero-order valence-electron chi connectivity index (χ0n) is 23.2. The molecular formula is C32H29FN6O3. The van der Waals surface area contributed by atoms with Crippen LogP contribution in [-0.4, -0.2) is 57.6 Å². The third-order valence-electron chi connectivity index (χ3n) is 7.99. The SMILES string of the molecule is C/C=C1\NN2CC2N(CCc2cc3c(c(-c4ccc(F)cc4)n2)OC[C@H]3C)C(=O)c2cc(c3ncccc3c2)NC1=O. The molecule has 1 saturated heterocycles. The molecule has 42 heavy (non-hydrogen) atoms. The summed E-state index contributed by atoms with van der Waals surface area (Å²) in [5.41, 5.74) is 8.46. The Bertz CT molecular complexity index is 1770. The number of pyridine rings is 2. The summed E-state index contributed by atoms with van der Waals surface area (Å²) in [6, 6.07) is 15.5. The number of rotatable bonds is 4. The number of ether oxygens (including phenoxy) is 1. The van der Waals surface area contributed by atoms with E-state index in [1.54, 1.807) is 37.4 Å². The van der Waals surface area contributed by atoms with E-state index in [9.17, 15) is 14.0 Å². The van der Waals surface area contributed by atoms with Crippen molar-refractivity contribution < 1.29 is 18.7 Å². The summed E-state index contributed by atoms with van der Waals surface area (Å²) in [6.07, 6.45) is 3.64. The minimum absolute atomic E-state index is 0.147. The second-order valence-corrected chi connectivity index (χ2v) is 10.8. The van der Waals surface area contributed by atoms with Gasteiger partial charge in [-0.1, -0.05) is 19.1 Å². The van der Waals surface area contributed by atoms with E-state index >= 15 is 0 Å². The van der Waals surface area contributed by atoms with Crippen molar-refractivity contribution >= 4 is 28.4 Å². The third-order valence-corrected chi connectivity index (χ3v) is 7.99. The Labute approximate surface area is 242 Å². The molecule has 2 bridgehead atoms. The molecule has 2 aromatic heterocycles. The molecule has 212 valence electrons. The van der Waals surface area contributed by atoms with E-state index in [-0.39, 0.29) is 29.7 Å². The number of amides is 2. The average molecular weight is 565 g/mol. The first-order valence-corrected chi connectivity index (χ1v) is 14.0. The topological polar surface area (TPSA) is 99.5 Å². The van der Waals surface area contributed by atoms with Crippen molar-refractivity contribution in [3.8, 4) is 17.0 Å². The summed E-state index contributed by atoms with van der Waals surface area (Å²) < 4.78 is 19.7. The standard InChI is InChI=1S/C32H29FN6O3/c1-3-25-31(40)36-26-14-21(13-20-5-4-11-34-28(20)26)32(41)38(27-16-39(27)37-25)12-10-23-15-24-18(2)17-42-30(24)29(35-23)19-6-8-22(33)9-7-19/h3-9,11,13-15,18,27,37H,10,12,16-17H2,1-2H3,(H,36,40)/b25-3-/t18-,27?,39?/m1/s1. The minimum atomic E-state index is -0.313. The molecule has 3 aliphatic heterocycles. The van der Waals surface area contributed by atoms with Crippen molar-refractivity contribution in [2.24, 2.45) is 0 Å². The summed E-state index contributed by atoms with van der Waals surface area (Å²) in [5.74, 6) is 0.158. The van der Waals surface area contributed by atoms with Crippen LogP contribution in [0.5, 0.6) is 5.75 Å². The van der Waals surface area contributed by atoms with E-state index in [1.165, 1.54) is 12.1 Å². The maximum atomic E-state index is 14.1. The zero-order chi connectivity index (χ0) is 29.0. The molecule has 0 saturated carbocycles. The number of halogens is 1. The number of carbonyl (C=O) groups is 2. The number of allylic oxidation sites excluding steroid dienone is 1. The Kier molecular flexibility index (Phi) is 6.35.